The van der Waals surface area contributed by atoms with Gasteiger partial charge in [-0.2, -0.15) is 0 Å². The van der Waals surface area contributed by atoms with E-state index in [-0.39, 0.29) is 12.5 Å². The first-order valence-electron chi connectivity index (χ1n) is 6.58. The summed E-state index contributed by atoms with van der Waals surface area (Å²) in [4.78, 5) is 16.0. The lowest BCUT2D eigenvalue weighted by Crippen LogP contribution is -2.28. The number of unbranched alkanes of at least 4 members (excludes halogenated alkanes) is 2. The molecule has 0 saturated carbocycles. The van der Waals surface area contributed by atoms with Crippen molar-refractivity contribution in [1.82, 2.24) is 14.9 Å². The zero-order valence-electron chi connectivity index (χ0n) is 10.9. The Balaban J connectivity index is 1.82. The molecule has 0 aliphatic heterocycles. The SMILES string of the molecule is O=C(Cn1cnc2ccccc21)NCCCCCO. The summed E-state index contributed by atoms with van der Waals surface area (Å²) < 4.78 is 1.85. The van der Waals surface area contributed by atoms with Crippen LogP contribution in [0.4, 0.5) is 0 Å². The summed E-state index contributed by atoms with van der Waals surface area (Å²) in [5.74, 6) is -0.00727. The van der Waals surface area contributed by atoms with Gasteiger partial charge in [0.05, 0.1) is 17.4 Å². The van der Waals surface area contributed by atoms with E-state index in [0.717, 1.165) is 30.3 Å². The number of rotatable bonds is 7. The molecule has 1 amide bonds. The lowest BCUT2D eigenvalue weighted by molar-refractivity contribution is -0.121. The van der Waals surface area contributed by atoms with Crippen molar-refractivity contribution in [3.05, 3.63) is 30.6 Å². The molecule has 0 aliphatic rings. The van der Waals surface area contributed by atoms with E-state index in [9.17, 15) is 4.79 Å². The number of carbonyl (C=O) groups excluding carboxylic acids is 1. The average Bonchev–Trinajstić information content (AvgIpc) is 2.82. The molecule has 19 heavy (non-hydrogen) atoms. The van der Waals surface area contributed by atoms with E-state index in [2.05, 4.69) is 10.3 Å². The van der Waals surface area contributed by atoms with Crippen LogP contribution in [0.3, 0.4) is 0 Å². The molecular formula is C14H19N3O2. The lowest BCUT2D eigenvalue weighted by Gasteiger charge is -2.06. The van der Waals surface area contributed by atoms with Crippen LogP contribution >= 0.6 is 0 Å². The highest BCUT2D eigenvalue weighted by Crippen LogP contribution is 2.11. The summed E-state index contributed by atoms with van der Waals surface area (Å²) in [6, 6.07) is 7.75. The third-order valence-corrected chi connectivity index (χ3v) is 3.00. The molecule has 0 spiro atoms. The summed E-state index contributed by atoms with van der Waals surface area (Å²) >= 11 is 0. The summed E-state index contributed by atoms with van der Waals surface area (Å²) in [5, 5.41) is 11.5. The molecule has 1 aromatic carbocycles. The van der Waals surface area contributed by atoms with Crippen LogP contribution in [-0.2, 0) is 11.3 Å². The van der Waals surface area contributed by atoms with Gasteiger partial charge in [-0.1, -0.05) is 12.1 Å². The molecule has 0 bridgehead atoms. The van der Waals surface area contributed by atoms with E-state index in [1.807, 2.05) is 28.8 Å². The van der Waals surface area contributed by atoms with Gasteiger partial charge in [-0.05, 0) is 31.4 Å². The molecule has 2 N–H and O–H groups in total. The lowest BCUT2D eigenvalue weighted by atomic mass is 10.2. The number of nitrogens with zero attached hydrogens (tertiary/aromatic N) is 2. The van der Waals surface area contributed by atoms with Crippen molar-refractivity contribution >= 4 is 16.9 Å². The molecule has 2 aromatic rings. The van der Waals surface area contributed by atoms with Crippen LogP contribution in [0.15, 0.2) is 30.6 Å². The van der Waals surface area contributed by atoms with E-state index < -0.39 is 0 Å². The minimum absolute atomic E-state index is 0.00727. The second-order valence-corrected chi connectivity index (χ2v) is 4.50. The molecule has 0 unspecified atom stereocenters. The number of fused-ring (bicyclic) bond motifs is 1. The molecular weight excluding hydrogens is 242 g/mol. The number of carbonyl (C=O) groups is 1. The highest BCUT2D eigenvalue weighted by atomic mass is 16.2. The number of hydrogen-bond acceptors (Lipinski definition) is 3. The molecule has 5 heteroatoms. The fourth-order valence-electron chi connectivity index (χ4n) is 1.99. The van der Waals surface area contributed by atoms with E-state index in [0.29, 0.717) is 13.1 Å². The van der Waals surface area contributed by atoms with E-state index in [4.69, 9.17) is 5.11 Å². The van der Waals surface area contributed by atoms with E-state index in [1.54, 1.807) is 6.33 Å². The first-order valence-corrected chi connectivity index (χ1v) is 6.58. The number of imidazole rings is 1. The molecule has 0 aliphatic carbocycles. The number of hydrogen-bond donors (Lipinski definition) is 2. The molecule has 0 atom stereocenters. The highest BCUT2D eigenvalue weighted by molar-refractivity contribution is 5.80. The monoisotopic (exact) mass is 261 g/mol. The quantitative estimate of drug-likeness (QED) is 0.739. The zero-order valence-corrected chi connectivity index (χ0v) is 10.9. The normalized spacial score (nSPS) is 10.8. The molecule has 1 heterocycles. The fraction of sp³-hybridized carbons (Fsp3) is 0.429. The van der Waals surface area contributed by atoms with Crippen molar-refractivity contribution in [1.29, 1.82) is 0 Å². The topological polar surface area (TPSA) is 67.2 Å². The van der Waals surface area contributed by atoms with Gasteiger partial charge in [-0.3, -0.25) is 4.79 Å². The minimum Gasteiger partial charge on any atom is -0.396 e. The van der Waals surface area contributed by atoms with Crippen molar-refractivity contribution in [2.75, 3.05) is 13.2 Å². The third-order valence-electron chi connectivity index (χ3n) is 3.00. The van der Waals surface area contributed by atoms with Crippen molar-refractivity contribution in [2.45, 2.75) is 25.8 Å². The molecule has 1 aromatic heterocycles. The number of para-hydroxylation sites is 2. The van der Waals surface area contributed by atoms with Gasteiger partial charge in [0.15, 0.2) is 0 Å². The van der Waals surface area contributed by atoms with Gasteiger partial charge in [0.25, 0.3) is 0 Å². The van der Waals surface area contributed by atoms with Crippen LogP contribution in [0.2, 0.25) is 0 Å². The molecule has 0 fully saturated rings. The predicted molar refractivity (Wildman–Crippen MR) is 73.7 cm³/mol. The molecule has 0 saturated heterocycles. The number of amides is 1. The molecule has 2 rings (SSSR count). The number of aliphatic hydroxyl groups excluding tert-OH is 1. The Hall–Kier alpha value is -1.88. The minimum atomic E-state index is -0.00727. The zero-order chi connectivity index (χ0) is 13.5. The van der Waals surface area contributed by atoms with Gasteiger partial charge in [0.1, 0.15) is 6.54 Å². The number of benzene rings is 1. The standard InChI is InChI=1S/C14H19N3O2/c18-9-5-1-4-8-15-14(19)10-17-11-16-12-6-2-3-7-13(12)17/h2-3,6-7,11,18H,1,4-5,8-10H2,(H,15,19). The van der Waals surface area contributed by atoms with Gasteiger partial charge in [0, 0.05) is 13.2 Å². The Bertz CT molecular complexity index is 536. The van der Waals surface area contributed by atoms with Crippen LogP contribution < -0.4 is 5.32 Å². The summed E-state index contributed by atoms with van der Waals surface area (Å²) in [6.07, 6.45) is 4.32. The summed E-state index contributed by atoms with van der Waals surface area (Å²) in [7, 11) is 0. The van der Waals surface area contributed by atoms with Crippen molar-refractivity contribution in [2.24, 2.45) is 0 Å². The largest absolute Gasteiger partial charge is 0.396 e. The van der Waals surface area contributed by atoms with Gasteiger partial charge in [-0.25, -0.2) is 4.98 Å². The Morgan fingerprint density at radius 1 is 1.26 bits per heavy atom. The van der Waals surface area contributed by atoms with Crippen molar-refractivity contribution in [3.8, 4) is 0 Å². The Kier molecular flexibility index (Phi) is 4.92. The molecule has 5 nitrogen and oxygen atoms in total. The smallest absolute Gasteiger partial charge is 0.239 e. The van der Waals surface area contributed by atoms with Crippen LogP contribution in [0.1, 0.15) is 19.3 Å². The van der Waals surface area contributed by atoms with E-state index in [1.165, 1.54) is 0 Å². The second-order valence-electron chi connectivity index (χ2n) is 4.50. The first kappa shape index (κ1) is 13.5. The maximum Gasteiger partial charge on any atom is 0.239 e. The van der Waals surface area contributed by atoms with Crippen LogP contribution in [0.25, 0.3) is 11.0 Å². The maximum atomic E-state index is 11.8. The van der Waals surface area contributed by atoms with Crippen LogP contribution in [0, 0.1) is 0 Å². The van der Waals surface area contributed by atoms with Gasteiger partial charge in [-0.15, -0.1) is 0 Å². The predicted octanol–water partition coefficient (Wildman–Crippen LogP) is 1.32. The van der Waals surface area contributed by atoms with Gasteiger partial charge < -0.3 is 15.0 Å². The average molecular weight is 261 g/mol. The first-order chi connectivity index (χ1) is 9.31. The van der Waals surface area contributed by atoms with E-state index >= 15 is 0 Å². The number of nitrogens with one attached hydrogen (secondary N) is 1. The Labute approximate surface area is 112 Å². The fourth-order valence-corrected chi connectivity index (χ4v) is 1.99. The molecule has 102 valence electrons. The van der Waals surface area contributed by atoms with Gasteiger partial charge in [0.2, 0.25) is 5.91 Å². The number of aliphatic hydroxyl groups is 1. The summed E-state index contributed by atoms with van der Waals surface area (Å²) in [6.45, 7) is 1.17. The van der Waals surface area contributed by atoms with Crippen molar-refractivity contribution in [3.63, 3.8) is 0 Å². The third kappa shape index (κ3) is 3.79. The van der Waals surface area contributed by atoms with Crippen molar-refractivity contribution < 1.29 is 9.90 Å². The molecule has 0 radical (unpaired) electrons. The van der Waals surface area contributed by atoms with Gasteiger partial charge >= 0.3 is 0 Å². The Morgan fingerprint density at radius 2 is 2.11 bits per heavy atom. The Morgan fingerprint density at radius 3 is 2.95 bits per heavy atom. The highest BCUT2D eigenvalue weighted by Gasteiger charge is 2.05. The van der Waals surface area contributed by atoms with Crippen LogP contribution in [-0.4, -0.2) is 33.7 Å². The second kappa shape index (κ2) is 6.89. The van der Waals surface area contributed by atoms with Crippen LogP contribution in [0.5, 0.6) is 0 Å². The number of aromatic nitrogens is 2. The summed E-state index contributed by atoms with van der Waals surface area (Å²) in [5.41, 5.74) is 1.87. The maximum absolute atomic E-state index is 11.8.